The van der Waals surface area contributed by atoms with Crippen molar-refractivity contribution in [2.75, 3.05) is 19.7 Å². The number of nitrogens with zero attached hydrogens (tertiary/aromatic N) is 1. The Balaban J connectivity index is 1.54. The SMILES string of the molecule is CC(CC1ON=C(c2ccc(OCCC3CCNCC3)cc2)C1(C)C)C(=O)O. The Morgan fingerprint density at radius 3 is 2.64 bits per heavy atom. The maximum Gasteiger partial charge on any atom is 0.306 e. The fourth-order valence-electron chi connectivity index (χ4n) is 3.93. The average molecular weight is 389 g/mol. The van der Waals surface area contributed by atoms with E-state index in [1.165, 1.54) is 12.8 Å². The number of hydrogen-bond acceptors (Lipinski definition) is 5. The summed E-state index contributed by atoms with van der Waals surface area (Å²) < 4.78 is 5.92. The number of carbonyl (C=O) groups is 1. The lowest BCUT2D eigenvalue weighted by Crippen LogP contribution is -2.35. The van der Waals surface area contributed by atoms with Crippen LogP contribution in [0.2, 0.25) is 0 Å². The first-order valence-electron chi connectivity index (χ1n) is 10.3. The summed E-state index contributed by atoms with van der Waals surface area (Å²) >= 11 is 0. The largest absolute Gasteiger partial charge is 0.494 e. The molecule has 2 aliphatic heterocycles. The third-order valence-electron chi connectivity index (χ3n) is 6.06. The average Bonchev–Trinajstić information content (AvgIpc) is 2.97. The molecule has 2 N–H and O–H groups in total. The highest BCUT2D eigenvalue weighted by Crippen LogP contribution is 2.38. The Bertz CT molecular complexity index is 693. The van der Waals surface area contributed by atoms with Crippen molar-refractivity contribution in [1.29, 1.82) is 0 Å². The fourth-order valence-corrected chi connectivity index (χ4v) is 3.93. The number of oxime groups is 1. The van der Waals surface area contributed by atoms with Crippen molar-refractivity contribution in [1.82, 2.24) is 5.32 Å². The van der Waals surface area contributed by atoms with Gasteiger partial charge in [-0.1, -0.05) is 25.9 Å². The molecule has 0 spiro atoms. The number of carboxylic acids is 1. The third-order valence-corrected chi connectivity index (χ3v) is 6.06. The molecule has 0 amide bonds. The van der Waals surface area contributed by atoms with Gasteiger partial charge in [0, 0.05) is 12.0 Å². The normalized spacial score (nSPS) is 23.0. The van der Waals surface area contributed by atoms with Crippen LogP contribution in [0.3, 0.4) is 0 Å². The molecule has 6 nitrogen and oxygen atoms in total. The van der Waals surface area contributed by atoms with E-state index in [1.54, 1.807) is 6.92 Å². The summed E-state index contributed by atoms with van der Waals surface area (Å²) in [5.41, 5.74) is 1.50. The number of rotatable bonds is 8. The highest BCUT2D eigenvalue weighted by Gasteiger charge is 2.43. The topological polar surface area (TPSA) is 80.2 Å². The summed E-state index contributed by atoms with van der Waals surface area (Å²) in [4.78, 5) is 16.8. The standard InChI is InChI=1S/C22H32N2O4/c1-15(21(25)26)14-19-22(2,3)20(24-28-19)17-4-6-18(7-5-17)27-13-10-16-8-11-23-12-9-16/h4-7,15-16,19,23H,8-14H2,1-3H3,(H,25,26). The van der Waals surface area contributed by atoms with Crippen LogP contribution >= 0.6 is 0 Å². The first-order valence-corrected chi connectivity index (χ1v) is 10.3. The molecule has 0 aromatic heterocycles. The zero-order valence-corrected chi connectivity index (χ0v) is 17.1. The lowest BCUT2D eigenvalue weighted by Gasteiger charge is -2.27. The molecule has 154 valence electrons. The molecule has 0 bridgehead atoms. The number of hydrogen-bond donors (Lipinski definition) is 2. The van der Waals surface area contributed by atoms with Gasteiger partial charge < -0.3 is 20.0 Å². The highest BCUT2D eigenvalue weighted by atomic mass is 16.6. The smallest absolute Gasteiger partial charge is 0.306 e. The molecule has 0 saturated carbocycles. The van der Waals surface area contributed by atoms with Crippen molar-refractivity contribution in [3.63, 3.8) is 0 Å². The molecule has 2 heterocycles. The quantitative estimate of drug-likeness (QED) is 0.710. The van der Waals surface area contributed by atoms with Crippen LogP contribution in [0.4, 0.5) is 0 Å². The second kappa shape index (κ2) is 8.95. The van der Waals surface area contributed by atoms with Crippen LogP contribution in [0, 0.1) is 17.3 Å². The van der Waals surface area contributed by atoms with Gasteiger partial charge in [0.25, 0.3) is 0 Å². The van der Waals surface area contributed by atoms with Gasteiger partial charge in [0.15, 0.2) is 0 Å². The number of piperidine rings is 1. The van der Waals surface area contributed by atoms with E-state index in [-0.39, 0.29) is 11.5 Å². The molecule has 28 heavy (non-hydrogen) atoms. The second-order valence-corrected chi connectivity index (χ2v) is 8.59. The van der Waals surface area contributed by atoms with Crippen molar-refractivity contribution in [2.45, 2.75) is 52.6 Å². The Kier molecular flexibility index (Phi) is 6.60. The molecule has 2 unspecified atom stereocenters. The molecular weight excluding hydrogens is 356 g/mol. The van der Waals surface area contributed by atoms with Gasteiger partial charge in [0.05, 0.1) is 23.7 Å². The van der Waals surface area contributed by atoms with Gasteiger partial charge in [0.2, 0.25) is 0 Å². The summed E-state index contributed by atoms with van der Waals surface area (Å²) in [7, 11) is 0. The van der Waals surface area contributed by atoms with E-state index in [4.69, 9.17) is 9.57 Å². The molecule has 1 saturated heterocycles. The van der Waals surface area contributed by atoms with E-state index in [0.717, 1.165) is 49.1 Å². The molecule has 6 heteroatoms. The number of aliphatic carboxylic acids is 1. The Labute approximate surface area is 167 Å². The second-order valence-electron chi connectivity index (χ2n) is 8.59. The van der Waals surface area contributed by atoms with Gasteiger partial charge in [-0.3, -0.25) is 4.79 Å². The maximum atomic E-state index is 11.2. The molecule has 2 atom stereocenters. The minimum atomic E-state index is -0.807. The number of ether oxygens (including phenoxy) is 1. The molecular formula is C22H32N2O4. The van der Waals surface area contributed by atoms with Gasteiger partial charge in [0.1, 0.15) is 11.9 Å². The van der Waals surface area contributed by atoms with Crippen LogP contribution in [-0.4, -0.2) is 42.6 Å². The van der Waals surface area contributed by atoms with Gasteiger partial charge in [-0.2, -0.15) is 0 Å². The van der Waals surface area contributed by atoms with Gasteiger partial charge in [-0.25, -0.2) is 0 Å². The zero-order valence-electron chi connectivity index (χ0n) is 17.1. The van der Waals surface area contributed by atoms with Gasteiger partial charge >= 0.3 is 5.97 Å². The van der Waals surface area contributed by atoms with E-state index < -0.39 is 11.9 Å². The van der Waals surface area contributed by atoms with E-state index in [2.05, 4.69) is 24.3 Å². The number of nitrogens with one attached hydrogen (secondary N) is 1. The van der Waals surface area contributed by atoms with Crippen LogP contribution in [0.1, 0.15) is 52.0 Å². The van der Waals surface area contributed by atoms with Gasteiger partial charge in [-0.15, -0.1) is 0 Å². The Morgan fingerprint density at radius 2 is 2.00 bits per heavy atom. The molecule has 1 aromatic rings. The van der Waals surface area contributed by atoms with Crippen LogP contribution in [0.5, 0.6) is 5.75 Å². The van der Waals surface area contributed by atoms with Crippen LogP contribution in [0.25, 0.3) is 0 Å². The summed E-state index contributed by atoms with van der Waals surface area (Å²) in [5, 5.41) is 16.8. The maximum absolute atomic E-state index is 11.2. The molecule has 1 aromatic carbocycles. The van der Waals surface area contributed by atoms with Crippen molar-refractivity contribution >= 4 is 11.7 Å². The number of carboxylic acid groups (broad SMARTS) is 1. The van der Waals surface area contributed by atoms with Gasteiger partial charge in [-0.05, 0) is 62.5 Å². The summed E-state index contributed by atoms with van der Waals surface area (Å²) in [6, 6.07) is 7.97. The van der Waals surface area contributed by atoms with Crippen molar-refractivity contribution < 1.29 is 19.5 Å². The monoisotopic (exact) mass is 388 g/mol. The molecule has 3 rings (SSSR count). The van der Waals surface area contributed by atoms with Crippen molar-refractivity contribution in [3.05, 3.63) is 29.8 Å². The Hall–Kier alpha value is -2.08. The predicted molar refractivity (Wildman–Crippen MR) is 109 cm³/mol. The lowest BCUT2D eigenvalue weighted by atomic mass is 9.76. The summed E-state index contributed by atoms with van der Waals surface area (Å²) in [6.45, 7) is 8.80. The number of benzene rings is 1. The molecule has 2 aliphatic rings. The van der Waals surface area contributed by atoms with E-state index >= 15 is 0 Å². The summed E-state index contributed by atoms with van der Waals surface area (Å²) in [6.07, 6.45) is 3.76. The zero-order chi connectivity index (χ0) is 20.1. The minimum absolute atomic E-state index is 0.241. The van der Waals surface area contributed by atoms with E-state index in [0.29, 0.717) is 6.42 Å². The van der Waals surface area contributed by atoms with E-state index in [9.17, 15) is 9.90 Å². The van der Waals surface area contributed by atoms with Crippen molar-refractivity contribution in [2.24, 2.45) is 22.4 Å². The van der Waals surface area contributed by atoms with Crippen molar-refractivity contribution in [3.8, 4) is 5.75 Å². The third kappa shape index (κ3) is 4.85. The minimum Gasteiger partial charge on any atom is -0.494 e. The lowest BCUT2D eigenvalue weighted by molar-refractivity contribution is -0.142. The first-order chi connectivity index (χ1) is 13.4. The Morgan fingerprint density at radius 1 is 1.32 bits per heavy atom. The molecule has 0 aliphatic carbocycles. The van der Waals surface area contributed by atoms with Crippen LogP contribution in [-0.2, 0) is 9.63 Å². The highest BCUT2D eigenvalue weighted by molar-refractivity contribution is 6.05. The predicted octanol–water partition coefficient (Wildman–Crippen LogP) is 3.70. The van der Waals surface area contributed by atoms with Crippen LogP contribution < -0.4 is 10.1 Å². The molecule has 1 fully saturated rings. The van der Waals surface area contributed by atoms with E-state index in [1.807, 2.05) is 24.3 Å². The fraction of sp³-hybridized carbons (Fsp3) is 0.636. The molecule has 0 radical (unpaired) electrons. The van der Waals surface area contributed by atoms with Crippen LogP contribution in [0.15, 0.2) is 29.4 Å². The summed E-state index contributed by atoms with van der Waals surface area (Å²) in [5.74, 6) is 0.357. The first kappa shape index (κ1) is 20.6.